The second-order valence-corrected chi connectivity index (χ2v) is 13.6. The summed E-state index contributed by atoms with van der Waals surface area (Å²) in [6, 6.07) is -0.355. The highest BCUT2D eigenvalue weighted by molar-refractivity contribution is 5.72. The Kier molecular flexibility index (Phi) is 6.79. The number of rotatable bonds is 9. The second-order valence-electron chi connectivity index (χ2n) is 13.6. The van der Waals surface area contributed by atoms with Gasteiger partial charge in [0.15, 0.2) is 0 Å². The predicted molar refractivity (Wildman–Crippen MR) is 142 cm³/mol. The summed E-state index contributed by atoms with van der Waals surface area (Å²) >= 11 is 0. The number of hydrogen-bond donors (Lipinski definition) is 2. The molecule has 222 valence electrons. The smallest absolute Gasteiger partial charge is 0.308 e. The van der Waals surface area contributed by atoms with Crippen molar-refractivity contribution in [2.75, 3.05) is 48.1 Å². The van der Waals surface area contributed by atoms with Gasteiger partial charge in [-0.05, 0) is 38.1 Å². The van der Waals surface area contributed by atoms with Crippen molar-refractivity contribution in [3.8, 4) is 0 Å². The Bertz CT molecular complexity index is 981. The molecule has 14 atom stereocenters. The minimum Gasteiger partial charge on any atom is -0.461 e. The van der Waals surface area contributed by atoms with Crippen LogP contribution < -0.4 is 0 Å². The van der Waals surface area contributed by atoms with Gasteiger partial charge in [0.25, 0.3) is 0 Å². The van der Waals surface area contributed by atoms with E-state index in [1.165, 1.54) is 0 Å². The van der Waals surface area contributed by atoms with Crippen LogP contribution in [0.5, 0.6) is 0 Å². The highest BCUT2D eigenvalue weighted by Crippen LogP contribution is 2.80. The van der Waals surface area contributed by atoms with Crippen molar-refractivity contribution in [3.63, 3.8) is 0 Å². The van der Waals surface area contributed by atoms with Crippen LogP contribution in [0, 0.1) is 40.4 Å². The summed E-state index contributed by atoms with van der Waals surface area (Å²) in [7, 11) is 6.87. The molecular weight excluding hydrogens is 502 g/mol. The van der Waals surface area contributed by atoms with E-state index in [2.05, 4.69) is 11.8 Å². The number of carbonyl (C=O) groups excluding carboxylic acids is 1. The van der Waals surface area contributed by atoms with Crippen molar-refractivity contribution in [2.45, 2.75) is 94.5 Å². The maximum Gasteiger partial charge on any atom is 0.308 e. The van der Waals surface area contributed by atoms with Crippen molar-refractivity contribution in [1.82, 2.24) is 4.90 Å². The van der Waals surface area contributed by atoms with Gasteiger partial charge >= 0.3 is 5.97 Å². The molecule has 0 amide bonds. The van der Waals surface area contributed by atoms with Crippen molar-refractivity contribution >= 4 is 5.97 Å². The van der Waals surface area contributed by atoms with Gasteiger partial charge in [-0.1, -0.05) is 20.8 Å². The summed E-state index contributed by atoms with van der Waals surface area (Å²) in [4.78, 5) is 15.6. The summed E-state index contributed by atoms with van der Waals surface area (Å²) in [5, 5.41) is 26.4. The van der Waals surface area contributed by atoms with E-state index in [1.54, 1.807) is 28.4 Å². The molecule has 0 aromatic rings. The Balaban J connectivity index is 1.61. The Morgan fingerprint density at radius 3 is 2.44 bits per heavy atom. The van der Waals surface area contributed by atoms with Crippen LogP contribution in [0.4, 0.5) is 0 Å². The van der Waals surface area contributed by atoms with Crippen LogP contribution in [0.1, 0.15) is 52.9 Å². The minimum absolute atomic E-state index is 0.0337. The van der Waals surface area contributed by atoms with Crippen LogP contribution in [0.3, 0.4) is 0 Å². The fourth-order valence-electron chi connectivity index (χ4n) is 11.5. The molecule has 1 heterocycles. The molecule has 6 fully saturated rings. The number of fused-ring (bicyclic) bond motifs is 2. The average molecular weight is 552 g/mol. The Morgan fingerprint density at radius 1 is 1.10 bits per heavy atom. The monoisotopic (exact) mass is 551 g/mol. The number of carbonyl (C=O) groups is 1. The average Bonchev–Trinajstić information content (AvgIpc) is 3.32. The first kappa shape index (κ1) is 28.3. The number of likely N-dealkylation sites (tertiary alicyclic amines) is 1. The zero-order chi connectivity index (χ0) is 28.1. The van der Waals surface area contributed by atoms with Gasteiger partial charge in [0.2, 0.25) is 0 Å². The minimum atomic E-state index is -1.60. The Hall–Kier alpha value is -0.810. The van der Waals surface area contributed by atoms with Crippen molar-refractivity contribution in [1.29, 1.82) is 0 Å². The lowest BCUT2D eigenvalue weighted by Gasteiger charge is -2.70. The molecular formula is C30H49NO8. The number of aliphatic hydroxyl groups is 2. The number of ether oxygens (including phenoxy) is 5. The van der Waals surface area contributed by atoms with Crippen LogP contribution in [0.25, 0.3) is 0 Å². The molecule has 9 nitrogen and oxygen atoms in total. The standard InChI is InChI=1S/C30H49NO8/c1-8-16(3)25(32)39-22-17-12-18-21(22)28(33,13-19(17)36-5)30(34)24(38-7)23-27(15-35-4)11-10-20(37-6)29(18,23)26(30)31(9-2)14-27/h16-24,26,33-34H,8-15H2,1-7H3/t16-,17-,18-,19+,20+,21-,22+,23-,24+,26+,27+,28-,29+,30-/m1/s1. The second kappa shape index (κ2) is 9.35. The third-order valence-corrected chi connectivity index (χ3v) is 12.7. The zero-order valence-electron chi connectivity index (χ0n) is 24.7. The fraction of sp³-hybridized carbons (Fsp3) is 0.967. The first-order chi connectivity index (χ1) is 18.6. The molecule has 0 unspecified atom stereocenters. The van der Waals surface area contributed by atoms with E-state index in [-0.39, 0.29) is 59.7 Å². The SMILES string of the molecule is CC[C@@H](C)C(=O)O[C@H]1[C@@H]2C[C@@H]3[C@H]1[C@](O)(C[C@@H]2OC)[C@@]1(O)[C@@H](OC)[C@@H]2[C@@]4(COC)CC[C@H](OC)[C@@]32[C@@H]1N(CC)C4. The van der Waals surface area contributed by atoms with Crippen molar-refractivity contribution in [3.05, 3.63) is 0 Å². The first-order valence-corrected chi connectivity index (χ1v) is 15.1. The molecule has 6 aliphatic rings. The van der Waals surface area contributed by atoms with Crippen molar-refractivity contribution < 1.29 is 38.7 Å². The fourth-order valence-corrected chi connectivity index (χ4v) is 11.5. The van der Waals surface area contributed by atoms with Crippen molar-refractivity contribution in [2.24, 2.45) is 40.4 Å². The molecule has 0 aromatic heterocycles. The molecule has 1 aliphatic heterocycles. The molecule has 0 aromatic carbocycles. The quantitative estimate of drug-likeness (QED) is 0.416. The molecule has 39 heavy (non-hydrogen) atoms. The molecule has 7 bridgehead atoms. The maximum atomic E-state index is 13.3. The van der Waals surface area contributed by atoms with E-state index in [4.69, 9.17) is 23.7 Å². The molecule has 5 aliphatic carbocycles. The summed E-state index contributed by atoms with van der Waals surface area (Å²) in [5.74, 6) is -1.07. The molecule has 0 radical (unpaired) electrons. The van der Waals surface area contributed by atoms with E-state index in [1.807, 2.05) is 13.8 Å². The van der Waals surface area contributed by atoms with Crippen LogP contribution >= 0.6 is 0 Å². The third kappa shape index (κ3) is 3.08. The van der Waals surface area contributed by atoms with E-state index < -0.39 is 34.7 Å². The van der Waals surface area contributed by atoms with Gasteiger partial charge in [0.1, 0.15) is 17.3 Å². The summed E-state index contributed by atoms with van der Waals surface area (Å²) in [5.41, 5.74) is -3.91. The molecule has 1 spiro atoms. The van der Waals surface area contributed by atoms with Gasteiger partial charge in [0, 0.05) is 70.0 Å². The molecule has 2 N–H and O–H groups in total. The van der Waals surface area contributed by atoms with E-state index in [0.717, 1.165) is 32.4 Å². The van der Waals surface area contributed by atoms with Crippen LogP contribution in [0.2, 0.25) is 0 Å². The lowest BCUT2D eigenvalue weighted by atomic mass is 9.42. The number of hydrogen-bond acceptors (Lipinski definition) is 9. The first-order valence-electron chi connectivity index (χ1n) is 15.1. The number of likely N-dealkylation sites (N-methyl/N-ethyl adjacent to an activating group) is 1. The third-order valence-electron chi connectivity index (χ3n) is 12.7. The van der Waals surface area contributed by atoms with Gasteiger partial charge < -0.3 is 33.9 Å². The highest BCUT2D eigenvalue weighted by atomic mass is 16.6. The summed E-state index contributed by atoms with van der Waals surface area (Å²) < 4.78 is 31.0. The summed E-state index contributed by atoms with van der Waals surface area (Å²) in [6.07, 6.45) is 1.85. The number of methoxy groups -OCH3 is 4. The normalized spacial score (nSPS) is 54.0. The van der Waals surface area contributed by atoms with E-state index >= 15 is 0 Å². The topological polar surface area (TPSA) is 107 Å². The van der Waals surface area contributed by atoms with Gasteiger partial charge in [-0.15, -0.1) is 0 Å². The highest BCUT2D eigenvalue weighted by Gasteiger charge is 2.91. The molecule has 6 rings (SSSR count). The lowest BCUT2D eigenvalue weighted by Crippen LogP contribution is -2.82. The van der Waals surface area contributed by atoms with Gasteiger partial charge in [-0.2, -0.15) is 0 Å². The van der Waals surface area contributed by atoms with Crippen LogP contribution in [-0.4, -0.2) is 111 Å². The molecule has 1 saturated heterocycles. The van der Waals surface area contributed by atoms with Gasteiger partial charge in [-0.3, -0.25) is 9.69 Å². The molecule has 5 saturated carbocycles. The number of piperidine rings is 1. The van der Waals surface area contributed by atoms with Gasteiger partial charge in [0.05, 0.1) is 36.9 Å². The number of nitrogens with zero attached hydrogens (tertiary/aromatic N) is 1. The Morgan fingerprint density at radius 2 is 1.85 bits per heavy atom. The summed E-state index contributed by atoms with van der Waals surface area (Å²) in [6.45, 7) is 8.07. The van der Waals surface area contributed by atoms with E-state index in [0.29, 0.717) is 13.0 Å². The zero-order valence-corrected chi connectivity index (χ0v) is 24.7. The number of esters is 1. The maximum absolute atomic E-state index is 13.3. The predicted octanol–water partition coefficient (Wildman–Crippen LogP) is 1.87. The largest absolute Gasteiger partial charge is 0.461 e. The van der Waals surface area contributed by atoms with Gasteiger partial charge in [-0.25, -0.2) is 0 Å². The Labute approximate surface area is 232 Å². The van der Waals surface area contributed by atoms with Crippen LogP contribution in [0.15, 0.2) is 0 Å². The van der Waals surface area contributed by atoms with Crippen LogP contribution in [-0.2, 0) is 28.5 Å². The lowest BCUT2D eigenvalue weighted by molar-refractivity contribution is -0.319. The molecule has 9 heteroatoms. The van der Waals surface area contributed by atoms with E-state index in [9.17, 15) is 15.0 Å².